The summed E-state index contributed by atoms with van der Waals surface area (Å²) in [6.45, 7) is 1.84. The molecule has 0 radical (unpaired) electrons. The zero-order valence-corrected chi connectivity index (χ0v) is 14.1. The fourth-order valence-electron chi connectivity index (χ4n) is 2.17. The average Bonchev–Trinajstić information content (AvgIpc) is 2.61. The van der Waals surface area contributed by atoms with Gasteiger partial charge in [0.05, 0.1) is 19.1 Å². The van der Waals surface area contributed by atoms with Gasteiger partial charge in [0.2, 0.25) is 5.91 Å². The summed E-state index contributed by atoms with van der Waals surface area (Å²) in [5.74, 6) is 0.774. The number of amides is 1. The predicted molar refractivity (Wildman–Crippen MR) is 95.0 cm³/mol. The highest BCUT2D eigenvalue weighted by Gasteiger charge is 2.10. The van der Waals surface area contributed by atoms with E-state index in [9.17, 15) is 14.9 Å². The number of rotatable bonds is 6. The molecule has 0 aromatic heterocycles. The third-order valence-corrected chi connectivity index (χ3v) is 3.52. The van der Waals surface area contributed by atoms with Crippen LogP contribution in [0.2, 0.25) is 0 Å². The molecule has 7 nitrogen and oxygen atoms in total. The highest BCUT2D eigenvalue weighted by molar-refractivity contribution is 6.02. The van der Waals surface area contributed by atoms with Crippen LogP contribution in [-0.4, -0.2) is 25.1 Å². The number of ether oxygens (including phenoxy) is 2. The maximum Gasteiger partial charge on any atom is 0.269 e. The SMILES string of the molecule is COc1cc(C)c(NC(=O)/C=C/c2ccc([N+](=O)[O-])cc2)cc1OC. The molecule has 0 fully saturated rings. The number of nitro groups is 1. The minimum absolute atomic E-state index is 0.00236. The first-order valence-electron chi connectivity index (χ1n) is 7.40. The molecule has 0 saturated carbocycles. The molecule has 25 heavy (non-hydrogen) atoms. The second-order valence-electron chi connectivity index (χ2n) is 5.19. The Balaban J connectivity index is 2.10. The Morgan fingerprint density at radius 3 is 2.28 bits per heavy atom. The predicted octanol–water partition coefficient (Wildman–Crippen LogP) is 3.57. The van der Waals surface area contributed by atoms with Crippen LogP contribution in [0.25, 0.3) is 6.08 Å². The van der Waals surface area contributed by atoms with Crippen LogP contribution in [0.15, 0.2) is 42.5 Å². The Bertz CT molecular complexity index is 813. The standard InChI is InChI=1S/C18H18N2O5/c1-12-10-16(24-2)17(25-3)11-15(12)19-18(21)9-6-13-4-7-14(8-5-13)20(22)23/h4-11H,1-3H3,(H,19,21)/b9-6+. The lowest BCUT2D eigenvalue weighted by atomic mass is 10.1. The van der Waals surface area contributed by atoms with Crippen molar-refractivity contribution in [3.8, 4) is 11.5 Å². The summed E-state index contributed by atoms with van der Waals surface area (Å²) < 4.78 is 10.4. The van der Waals surface area contributed by atoms with Crippen molar-refractivity contribution in [2.75, 3.05) is 19.5 Å². The van der Waals surface area contributed by atoms with E-state index in [1.807, 2.05) is 6.92 Å². The molecule has 1 amide bonds. The lowest BCUT2D eigenvalue weighted by Gasteiger charge is -2.12. The summed E-state index contributed by atoms with van der Waals surface area (Å²) in [4.78, 5) is 22.2. The molecular weight excluding hydrogens is 324 g/mol. The number of benzene rings is 2. The van der Waals surface area contributed by atoms with Gasteiger partial charge in [0.1, 0.15) is 0 Å². The van der Waals surface area contributed by atoms with E-state index in [0.717, 1.165) is 5.56 Å². The van der Waals surface area contributed by atoms with Crippen molar-refractivity contribution in [3.63, 3.8) is 0 Å². The highest BCUT2D eigenvalue weighted by Crippen LogP contribution is 2.32. The van der Waals surface area contributed by atoms with Crippen molar-refractivity contribution in [1.82, 2.24) is 0 Å². The Hall–Kier alpha value is -3.35. The third kappa shape index (κ3) is 4.57. The summed E-state index contributed by atoms with van der Waals surface area (Å²) in [5, 5.41) is 13.4. The van der Waals surface area contributed by atoms with Crippen LogP contribution in [0.3, 0.4) is 0 Å². The van der Waals surface area contributed by atoms with Crippen LogP contribution in [0, 0.1) is 17.0 Å². The molecule has 1 N–H and O–H groups in total. The molecule has 130 valence electrons. The zero-order chi connectivity index (χ0) is 18.4. The van der Waals surface area contributed by atoms with Crippen molar-refractivity contribution >= 4 is 23.4 Å². The van der Waals surface area contributed by atoms with E-state index in [-0.39, 0.29) is 11.6 Å². The Morgan fingerprint density at radius 1 is 1.12 bits per heavy atom. The quantitative estimate of drug-likeness (QED) is 0.492. The molecule has 0 spiro atoms. The van der Waals surface area contributed by atoms with Crippen LogP contribution < -0.4 is 14.8 Å². The van der Waals surface area contributed by atoms with Gasteiger partial charge in [0.25, 0.3) is 5.69 Å². The number of hydrogen-bond donors (Lipinski definition) is 1. The first-order valence-corrected chi connectivity index (χ1v) is 7.40. The second-order valence-corrected chi connectivity index (χ2v) is 5.19. The average molecular weight is 342 g/mol. The van der Waals surface area contributed by atoms with E-state index in [0.29, 0.717) is 22.7 Å². The van der Waals surface area contributed by atoms with Gasteiger partial charge in [-0.2, -0.15) is 0 Å². The van der Waals surface area contributed by atoms with Gasteiger partial charge in [-0.15, -0.1) is 0 Å². The molecule has 2 aromatic rings. The van der Waals surface area contributed by atoms with Crippen molar-refractivity contribution < 1.29 is 19.2 Å². The maximum absolute atomic E-state index is 12.1. The number of nitro benzene ring substituents is 1. The Kier molecular flexibility index (Phi) is 5.73. The van der Waals surface area contributed by atoms with Crippen LogP contribution in [0.5, 0.6) is 11.5 Å². The largest absolute Gasteiger partial charge is 0.493 e. The molecule has 2 rings (SSSR count). The first-order chi connectivity index (χ1) is 11.9. The number of nitrogens with zero attached hydrogens (tertiary/aromatic N) is 1. The van der Waals surface area contributed by atoms with Gasteiger partial charge in [-0.3, -0.25) is 14.9 Å². The van der Waals surface area contributed by atoms with Gasteiger partial charge in [-0.05, 0) is 42.3 Å². The fourth-order valence-corrected chi connectivity index (χ4v) is 2.17. The van der Waals surface area contributed by atoms with Crippen molar-refractivity contribution in [2.45, 2.75) is 6.92 Å². The summed E-state index contributed by atoms with van der Waals surface area (Å²) in [6, 6.07) is 9.37. The molecule has 0 aliphatic rings. The topological polar surface area (TPSA) is 90.7 Å². The van der Waals surface area contributed by atoms with E-state index in [1.165, 1.54) is 25.3 Å². The molecule has 2 aromatic carbocycles. The van der Waals surface area contributed by atoms with Gasteiger partial charge in [-0.1, -0.05) is 0 Å². The third-order valence-electron chi connectivity index (χ3n) is 3.52. The summed E-state index contributed by atoms with van der Waals surface area (Å²) in [6.07, 6.45) is 2.94. The van der Waals surface area contributed by atoms with Gasteiger partial charge in [0, 0.05) is 30.0 Å². The summed E-state index contributed by atoms with van der Waals surface area (Å²) in [5.41, 5.74) is 2.12. The van der Waals surface area contributed by atoms with E-state index in [2.05, 4.69) is 5.32 Å². The molecule has 0 bridgehead atoms. The molecule has 0 aliphatic carbocycles. The second kappa shape index (κ2) is 7.96. The lowest BCUT2D eigenvalue weighted by Crippen LogP contribution is -2.09. The molecular formula is C18H18N2O5. The smallest absolute Gasteiger partial charge is 0.269 e. The van der Waals surface area contributed by atoms with E-state index < -0.39 is 4.92 Å². The molecule has 0 unspecified atom stereocenters. The van der Waals surface area contributed by atoms with E-state index in [4.69, 9.17) is 9.47 Å². The number of methoxy groups -OCH3 is 2. The molecule has 0 saturated heterocycles. The van der Waals surface area contributed by atoms with Crippen LogP contribution in [0.4, 0.5) is 11.4 Å². The van der Waals surface area contributed by atoms with Crippen LogP contribution in [0.1, 0.15) is 11.1 Å². The van der Waals surface area contributed by atoms with Crippen molar-refractivity contribution in [2.24, 2.45) is 0 Å². The number of carbonyl (C=O) groups is 1. The van der Waals surface area contributed by atoms with Crippen LogP contribution in [-0.2, 0) is 4.79 Å². The van der Waals surface area contributed by atoms with Gasteiger partial charge < -0.3 is 14.8 Å². The van der Waals surface area contributed by atoms with E-state index >= 15 is 0 Å². The summed E-state index contributed by atoms with van der Waals surface area (Å²) in [7, 11) is 3.07. The lowest BCUT2D eigenvalue weighted by molar-refractivity contribution is -0.384. The maximum atomic E-state index is 12.1. The number of carbonyl (C=O) groups excluding carboxylic acids is 1. The molecule has 0 heterocycles. The fraction of sp³-hybridized carbons (Fsp3) is 0.167. The number of hydrogen-bond acceptors (Lipinski definition) is 5. The molecule has 0 aliphatic heterocycles. The number of anilines is 1. The zero-order valence-electron chi connectivity index (χ0n) is 14.1. The number of non-ortho nitro benzene ring substituents is 1. The van der Waals surface area contributed by atoms with Gasteiger partial charge in [-0.25, -0.2) is 0 Å². The highest BCUT2D eigenvalue weighted by atomic mass is 16.6. The van der Waals surface area contributed by atoms with E-state index in [1.54, 1.807) is 37.5 Å². The number of aryl methyl sites for hydroxylation is 1. The monoisotopic (exact) mass is 342 g/mol. The normalized spacial score (nSPS) is 10.5. The first kappa shape index (κ1) is 18.0. The minimum atomic E-state index is -0.472. The molecule has 7 heteroatoms. The minimum Gasteiger partial charge on any atom is -0.493 e. The van der Waals surface area contributed by atoms with Crippen molar-refractivity contribution in [3.05, 3.63) is 63.7 Å². The Labute approximate surface area is 145 Å². The molecule has 0 atom stereocenters. The van der Waals surface area contributed by atoms with Gasteiger partial charge in [0.15, 0.2) is 11.5 Å². The van der Waals surface area contributed by atoms with Gasteiger partial charge >= 0.3 is 0 Å². The van der Waals surface area contributed by atoms with Crippen molar-refractivity contribution in [1.29, 1.82) is 0 Å². The number of nitrogens with one attached hydrogen (secondary N) is 1. The van der Waals surface area contributed by atoms with Crippen LogP contribution >= 0.6 is 0 Å². The Morgan fingerprint density at radius 2 is 1.72 bits per heavy atom. The summed E-state index contributed by atoms with van der Waals surface area (Å²) >= 11 is 0.